The van der Waals surface area contributed by atoms with Gasteiger partial charge in [-0.15, -0.1) is 0 Å². The number of ether oxygens (including phenoxy) is 1. The van der Waals surface area contributed by atoms with Crippen molar-refractivity contribution in [2.75, 3.05) is 6.61 Å². The van der Waals surface area contributed by atoms with Crippen molar-refractivity contribution >= 4 is 21.9 Å². The largest absolute Gasteiger partial charge is 0.461 e. The summed E-state index contributed by atoms with van der Waals surface area (Å²) in [4.78, 5) is 14.1. The number of aromatic nitrogens is 1. The minimum atomic E-state index is -3.35. The molecule has 0 aliphatic carbocycles. The molecule has 80 valence electrons. The van der Waals surface area contributed by atoms with E-state index in [1.165, 1.54) is 12.1 Å². The number of hydrogen-bond acceptors (Lipinski definition) is 4. The average molecular weight is 227 g/mol. The second kappa shape index (κ2) is 3.23. The van der Waals surface area contributed by atoms with E-state index in [4.69, 9.17) is 4.74 Å². The molecule has 2 rings (SSSR count). The van der Waals surface area contributed by atoms with Gasteiger partial charge in [0.05, 0.1) is 17.2 Å². The van der Waals surface area contributed by atoms with Crippen molar-refractivity contribution in [1.29, 1.82) is 0 Å². The van der Waals surface area contributed by atoms with Crippen LogP contribution in [-0.4, -0.2) is 26.0 Å². The molecule has 1 aliphatic rings. The van der Waals surface area contributed by atoms with Gasteiger partial charge in [0.2, 0.25) is 9.84 Å². The van der Waals surface area contributed by atoms with Crippen molar-refractivity contribution in [2.45, 2.75) is 11.8 Å². The summed E-state index contributed by atoms with van der Waals surface area (Å²) in [7, 11) is -3.35. The van der Waals surface area contributed by atoms with Crippen LogP contribution in [0.4, 0.5) is 0 Å². The second-order valence-electron chi connectivity index (χ2n) is 3.03. The van der Waals surface area contributed by atoms with Crippen LogP contribution in [0.5, 0.6) is 0 Å². The highest BCUT2D eigenvalue weighted by Gasteiger charge is 2.25. The maximum atomic E-state index is 11.4. The Morgan fingerprint density at radius 1 is 1.53 bits per heavy atom. The van der Waals surface area contributed by atoms with E-state index in [9.17, 15) is 13.2 Å². The van der Waals surface area contributed by atoms with Gasteiger partial charge >= 0.3 is 5.97 Å². The number of nitrogens with one attached hydrogen (secondary N) is 1. The molecule has 15 heavy (non-hydrogen) atoms. The zero-order valence-electron chi connectivity index (χ0n) is 7.98. The number of fused-ring (bicyclic) bond motifs is 1. The fourth-order valence-corrected chi connectivity index (χ4v) is 2.53. The summed E-state index contributed by atoms with van der Waals surface area (Å²) in [5.74, 6) is -0.546. The number of esters is 1. The summed E-state index contributed by atoms with van der Waals surface area (Å²) in [6.45, 7) is 1.94. The normalized spacial score (nSPS) is 16.3. The zero-order valence-corrected chi connectivity index (χ0v) is 8.80. The number of carbonyl (C=O) groups excluding carboxylic acids is 1. The first-order valence-corrected chi connectivity index (χ1v) is 5.92. The van der Waals surface area contributed by atoms with E-state index < -0.39 is 15.8 Å². The Morgan fingerprint density at radius 2 is 2.27 bits per heavy atom. The van der Waals surface area contributed by atoms with Crippen LogP contribution in [0.3, 0.4) is 0 Å². The number of hydrogen-bond donors (Lipinski definition) is 1. The van der Waals surface area contributed by atoms with Gasteiger partial charge in [0.1, 0.15) is 5.69 Å². The molecule has 5 nitrogen and oxygen atoms in total. The Kier molecular flexibility index (Phi) is 2.15. The van der Waals surface area contributed by atoms with E-state index >= 15 is 0 Å². The topological polar surface area (TPSA) is 76.2 Å². The third-order valence-electron chi connectivity index (χ3n) is 2.03. The van der Waals surface area contributed by atoms with Crippen LogP contribution in [-0.2, 0) is 14.6 Å². The third-order valence-corrected chi connectivity index (χ3v) is 3.47. The molecule has 0 bridgehead atoms. The summed E-state index contributed by atoms with van der Waals surface area (Å²) in [6, 6.07) is 1.29. The Morgan fingerprint density at radius 3 is 2.87 bits per heavy atom. The van der Waals surface area contributed by atoms with Crippen molar-refractivity contribution in [2.24, 2.45) is 0 Å². The molecule has 1 aromatic heterocycles. The van der Waals surface area contributed by atoms with Crippen molar-refractivity contribution in [1.82, 2.24) is 4.98 Å². The van der Waals surface area contributed by atoms with E-state index in [2.05, 4.69) is 4.98 Å². The molecule has 0 amide bonds. The van der Waals surface area contributed by atoms with Gasteiger partial charge < -0.3 is 9.72 Å². The predicted molar refractivity (Wildman–Crippen MR) is 53.0 cm³/mol. The second-order valence-corrected chi connectivity index (χ2v) is 4.83. The highest BCUT2D eigenvalue weighted by atomic mass is 32.2. The molecule has 0 aromatic carbocycles. The van der Waals surface area contributed by atoms with E-state index in [1.54, 1.807) is 6.92 Å². The summed E-state index contributed by atoms with van der Waals surface area (Å²) < 4.78 is 27.5. The molecule has 0 saturated heterocycles. The maximum absolute atomic E-state index is 11.4. The van der Waals surface area contributed by atoms with E-state index in [0.717, 1.165) is 5.41 Å². The lowest BCUT2D eigenvalue weighted by Gasteiger charge is -1.97. The van der Waals surface area contributed by atoms with Crippen molar-refractivity contribution < 1.29 is 17.9 Å². The molecule has 0 saturated carbocycles. The third kappa shape index (κ3) is 1.56. The summed E-state index contributed by atoms with van der Waals surface area (Å²) in [5.41, 5.74) is 0.591. The van der Waals surface area contributed by atoms with Gasteiger partial charge in [-0.05, 0) is 19.1 Å². The molecule has 2 heterocycles. The van der Waals surface area contributed by atoms with Gasteiger partial charge in [-0.25, -0.2) is 13.2 Å². The molecule has 1 aromatic rings. The minimum absolute atomic E-state index is 0.130. The molecule has 0 fully saturated rings. The molecule has 0 radical (unpaired) electrons. The molecule has 6 heteroatoms. The number of rotatable bonds is 2. The highest BCUT2D eigenvalue weighted by molar-refractivity contribution is 7.94. The Hall–Kier alpha value is -1.56. The smallest absolute Gasteiger partial charge is 0.354 e. The minimum Gasteiger partial charge on any atom is -0.461 e. The fourth-order valence-electron chi connectivity index (χ4n) is 1.36. The first kappa shape index (κ1) is 9.97. The number of H-pyrrole nitrogens is 1. The van der Waals surface area contributed by atoms with Gasteiger partial charge in [0.25, 0.3) is 0 Å². The Balaban J connectivity index is 2.42. The van der Waals surface area contributed by atoms with Gasteiger partial charge in [0.15, 0.2) is 0 Å². The summed E-state index contributed by atoms with van der Waals surface area (Å²) >= 11 is 0. The van der Waals surface area contributed by atoms with Crippen molar-refractivity contribution in [3.8, 4) is 0 Å². The fraction of sp³-hybridized carbons (Fsp3) is 0.222. The molecular weight excluding hydrogens is 218 g/mol. The lowest BCUT2D eigenvalue weighted by Crippen LogP contribution is -2.04. The van der Waals surface area contributed by atoms with Gasteiger partial charge in [-0.1, -0.05) is 0 Å². The van der Waals surface area contributed by atoms with Crippen LogP contribution in [0.15, 0.2) is 16.4 Å². The van der Waals surface area contributed by atoms with Crippen molar-refractivity contribution in [3.63, 3.8) is 0 Å². The van der Waals surface area contributed by atoms with Gasteiger partial charge in [0, 0.05) is 5.41 Å². The lowest BCUT2D eigenvalue weighted by molar-refractivity contribution is 0.0520. The lowest BCUT2D eigenvalue weighted by atomic mass is 10.4. The van der Waals surface area contributed by atoms with Gasteiger partial charge in [-0.2, -0.15) is 0 Å². The van der Waals surface area contributed by atoms with Crippen LogP contribution in [0.25, 0.3) is 6.08 Å². The first-order valence-electron chi connectivity index (χ1n) is 4.38. The Labute approximate surface area is 86.7 Å². The standard InChI is InChI=1S/C9H9NO4S/c1-2-14-9(11)7-5-8-6(10-7)3-4-15(8,12)13/h3-5,10H,2H2,1H3. The number of sulfone groups is 1. The molecule has 0 atom stereocenters. The summed E-state index contributed by atoms with van der Waals surface area (Å²) in [5, 5.41) is 1.10. The zero-order chi connectivity index (χ0) is 11.1. The van der Waals surface area contributed by atoms with Gasteiger partial charge in [-0.3, -0.25) is 0 Å². The van der Waals surface area contributed by atoms with E-state index in [0.29, 0.717) is 5.69 Å². The average Bonchev–Trinajstić information content (AvgIpc) is 2.68. The number of aromatic amines is 1. The highest BCUT2D eigenvalue weighted by Crippen LogP contribution is 2.27. The first-order chi connectivity index (χ1) is 7.04. The SMILES string of the molecule is CCOC(=O)c1cc2c([nH]1)C=CS2(=O)=O. The molecule has 1 aliphatic heterocycles. The van der Waals surface area contributed by atoms with Crippen LogP contribution in [0.2, 0.25) is 0 Å². The van der Waals surface area contributed by atoms with Crippen LogP contribution >= 0.6 is 0 Å². The summed E-state index contributed by atoms with van der Waals surface area (Å²) in [6.07, 6.45) is 1.42. The number of carbonyl (C=O) groups is 1. The van der Waals surface area contributed by atoms with Crippen LogP contribution in [0, 0.1) is 0 Å². The van der Waals surface area contributed by atoms with E-state index in [1.807, 2.05) is 0 Å². The van der Waals surface area contributed by atoms with E-state index in [-0.39, 0.29) is 17.2 Å². The monoisotopic (exact) mass is 227 g/mol. The molecule has 0 spiro atoms. The van der Waals surface area contributed by atoms with Crippen molar-refractivity contribution in [3.05, 3.63) is 22.9 Å². The molecule has 0 unspecified atom stereocenters. The maximum Gasteiger partial charge on any atom is 0.354 e. The van der Waals surface area contributed by atoms with Crippen LogP contribution < -0.4 is 0 Å². The molecule has 1 N–H and O–H groups in total. The van der Waals surface area contributed by atoms with Crippen LogP contribution in [0.1, 0.15) is 23.1 Å². The molecular formula is C9H9NO4S. The Bertz CT molecular complexity index is 538. The quantitative estimate of drug-likeness (QED) is 0.763. The predicted octanol–water partition coefficient (Wildman–Crippen LogP) is 0.949.